The minimum atomic E-state index is 0.555. The number of benzene rings is 1. The van der Waals surface area contributed by atoms with Crippen molar-refractivity contribution in [3.63, 3.8) is 0 Å². The third kappa shape index (κ3) is 3.77. The highest BCUT2D eigenvalue weighted by atomic mass is 32.1. The second-order valence-corrected chi connectivity index (χ2v) is 5.72. The fraction of sp³-hybridized carbons (Fsp3) is 0.467. The van der Waals surface area contributed by atoms with Gasteiger partial charge in [0.15, 0.2) is 5.11 Å². The fourth-order valence-electron chi connectivity index (χ4n) is 1.99. The third-order valence-corrected chi connectivity index (χ3v) is 3.68. The first-order valence-corrected chi connectivity index (χ1v) is 7.07. The molecule has 0 aliphatic heterocycles. The number of hydrogen-bond donors (Lipinski definition) is 2. The molecular formula is C15H21N3S. The van der Waals surface area contributed by atoms with Gasteiger partial charge in [0.1, 0.15) is 0 Å². The van der Waals surface area contributed by atoms with Gasteiger partial charge in [-0.15, -0.1) is 0 Å². The molecule has 1 aromatic carbocycles. The molecular weight excluding hydrogens is 254 g/mol. The Morgan fingerprint density at radius 1 is 1.16 bits per heavy atom. The zero-order chi connectivity index (χ0) is 14.0. The zero-order valence-corrected chi connectivity index (χ0v) is 12.8. The number of hydrogen-bond acceptors (Lipinski definition) is 2. The Morgan fingerprint density at radius 2 is 1.79 bits per heavy atom. The molecule has 0 amide bonds. The summed E-state index contributed by atoms with van der Waals surface area (Å²) in [5.74, 6) is 0. The van der Waals surface area contributed by atoms with Gasteiger partial charge in [0.2, 0.25) is 0 Å². The highest BCUT2D eigenvalue weighted by Crippen LogP contribution is 2.18. The molecule has 3 nitrogen and oxygen atoms in total. The van der Waals surface area contributed by atoms with Crippen LogP contribution in [0.1, 0.15) is 42.0 Å². The zero-order valence-electron chi connectivity index (χ0n) is 12.0. The minimum absolute atomic E-state index is 0.555. The van der Waals surface area contributed by atoms with Crippen LogP contribution in [0.5, 0.6) is 0 Å². The summed E-state index contributed by atoms with van der Waals surface area (Å²) in [5, 5.41) is 8.19. The Balaban J connectivity index is 2.07. The average molecular weight is 275 g/mol. The summed E-state index contributed by atoms with van der Waals surface area (Å²) >= 11 is 5.19. The van der Waals surface area contributed by atoms with E-state index in [4.69, 9.17) is 12.2 Å². The molecule has 0 saturated heterocycles. The molecule has 19 heavy (non-hydrogen) atoms. The van der Waals surface area contributed by atoms with E-state index in [9.17, 15) is 0 Å². The lowest BCUT2D eigenvalue weighted by Crippen LogP contribution is -2.34. The van der Waals surface area contributed by atoms with Gasteiger partial charge in [0.25, 0.3) is 0 Å². The van der Waals surface area contributed by atoms with Crippen LogP contribution in [0.25, 0.3) is 0 Å². The van der Waals surface area contributed by atoms with Gasteiger partial charge in [-0.05, 0) is 75.5 Å². The highest BCUT2D eigenvalue weighted by molar-refractivity contribution is 7.80. The second kappa shape index (κ2) is 5.70. The first kappa shape index (κ1) is 14.0. The van der Waals surface area contributed by atoms with Crippen molar-refractivity contribution in [2.45, 2.75) is 46.6 Å². The lowest BCUT2D eigenvalue weighted by molar-refractivity contribution is 0.861. The van der Waals surface area contributed by atoms with Crippen LogP contribution in [0.15, 0.2) is 17.2 Å². The Kier molecular flexibility index (Phi) is 4.20. The van der Waals surface area contributed by atoms with Gasteiger partial charge >= 0.3 is 0 Å². The van der Waals surface area contributed by atoms with Crippen molar-refractivity contribution in [3.8, 4) is 0 Å². The molecule has 1 fully saturated rings. The molecule has 102 valence electrons. The molecule has 0 bridgehead atoms. The van der Waals surface area contributed by atoms with E-state index in [0.29, 0.717) is 11.2 Å². The van der Waals surface area contributed by atoms with Crippen LogP contribution in [-0.2, 0) is 0 Å². The second-order valence-electron chi connectivity index (χ2n) is 5.31. The van der Waals surface area contributed by atoms with E-state index in [1.165, 1.54) is 35.1 Å². The molecule has 0 atom stereocenters. The number of rotatable bonds is 3. The van der Waals surface area contributed by atoms with E-state index >= 15 is 0 Å². The van der Waals surface area contributed by atoms with Gasteiger partial charge < -0.3 is 5.32 Å². The van der Waals surface area contributed by atoms with Crippen LogP contribution in [-0.4, -0.2) is 16.9 Å². The van der Waals surface area contributed by atoms with Gasteiger partial charge in [-0.3, -0.25) is 5.43 Å². The predicted octanol–water partition coefficient (Wildman–Crippen LogP) is 2.96. The maximum atomic E-state index is 5.19. The van der Waals surface area contributed by atoms with Crippen LogP contribution >= 0.6 is 12.2 Å². The number of aryl methyl sites for hydroxylation is 3. The molecule has 0 radical (unpaired) electrons. The molecule has 0 unspecified atom stereocenters. The topological polar surface area (TPSA) is 36.4 Å². The van der Waals surface area contributed by atoms with Gasteiger partial charge in [0.05, 0.1) is 5.71 Å². The molecule has 1 aliphatic rings. The summed E-state index contributed by atoms with van der Waals surface area (Å²) in [7, 11) is 0. The van der Waals surface area contributed by atoms with Gasteiger partial charge in [-0.1, -0.05) is 6.07 Å². The van der Waals surface area contributed by atoms with Gasteiger partial charge in [0, 0.05) is 11.6 Å². The summed E-state index contributed by atoms with van der Waals surface area (Å²) < 4.78 is 0. The standard InChI is InChI=1S/C15H21N3S/c1-9-7-11(3)14(8-10(9)2)12(4)17-18-15(19)16-13-5-6-13/h7-8,13H,5-6H2,1-4H3,(H2,16,18,19)/b17-12+. The SMILES string of the molecule is C/C(=N\NC(=S)NC1CC1)c1cc(C)c(C)cc1C. The third-order valence-electron chi connectivity index (χ3n) is 3.47. The molecule has 2 N–H and O–H groups in total. The molecule has 4 heteroatoms. The van der Waals surface area contributed by atoms with E-state index in [1.807, 2.05) is 6.92 Å². The maximum Gasteiger partial charge on any atom is 0.187 e. The van der Waals surface area contributed by atoms with Crippen LogP contribution in [0.3, 0.4) is 0 Å². The van der Waals surface area contributed by atoms with Crippen molar-refractivity contribution >= 4 is 23.0 Å². The molecule has 1 aliphatic carbocycles. The van der Waals surface area contributed by atoms with E-state index in [2.05, 4.69) is 48.7 Å². The van der Waals surface area contributed by atoms with Crippen molar-refractivity contribution in [2.24, 2.45) is 5.10 Å². The predicted molar refractivity (Wildman–Crippen MR) is 84.8 cm³/mol. The first-order chi connectivity index (χ1) is 8.97. The largest absolute Gasteiger partial charge is 0.359 e. The summed E-state index contributed by atoms with van der Waals surface area (Å²) in [6.07, 6.45) is 2.42. The smallest absolute Gasteiger partial charge is 0.187 e. The number of nitrogens with one attached hydrogen (secondary N) is 2. The van der Waals surface area contributed by atoms with Crippen LogP contribution in [0.2, 0.25) is 0 Å². The first-order valence-electron chi connectivity index (χ1n) is 6.66. The summed E-state index contributed by atoms with van der Waals surface area (Å²) in [6, 6.07) is 4.94. The Morgan fingerprint density at radius 3 is 2.42 bits per heavy atom. The fourth-order valence-corrected chi connectivity index (χ4v) is 2.20. The van der Waals surface area contributed by atoms with E-state index in [0.717, 1.165) is 5.71 Å². The van der Waals surface area contributed by atoms with Crippen molar-refractivity contribution in [1.82, 2.24) is 10.7 Å². The summed E-state index contributed by atoms with van der Waals surface area (Å²) in [5.41, 5.74) is 8.89. The maximum absolute atomic E-state index is 5.19. The number of nitrogens with zero attached hydrogens (tertiary/aromatic N) is 1. The summed E-state index contributed by atoms with van der Waals surface area (Å²) in [4.78, 5) is 0. The molecule has 2 rings (SSSR count). The van der Waals surface area contributed by atoms with Crippen molar-refractivity contribution in [3.05, 3.63) is 34.4 Å². The monoisotopic (exact) mass is 275 g/mol. The lowest BCUT2D eigenvalue weighted by Gasteiger charge is -2.11. The molecule has 0 spiro atoms. The van der Waals surface area contributed by atoms with Crippen molar-refractivity contribution in [1.29, 1.82) is 0 Å². The van der Waals surface area contributed by atoms with Crippen LogP contribution in [0.4, 0.5) is 0 Å². The Hall–Kier alpha value is -1.42. The van der Waals surface area contributed by atoms with Crippen molar-refractivity contribution in [2.75, 3.05) is 0 Å². The number of hydrazone groups is 1. The van der Waals surface area contributed by atoms with E-state index < -0.39 is 0 Å². The van der Waals surface area contributed by atoms with Crippen molar-refractivity contribution < 1.29 is 0 Å². The van der Waals surface area contributed by atoms with Crippen LogP contribution < -0.4 is 10.7 Å². The minimum Gasteiger partial charge on any atom is -0.359 e. The molecule has 1 aromatic rings. The van der Waals surface area contributed by atoms with Crippen LogP contribution in [0, 0.1) is 20.8 Å². The highest BCUT2D eigenvalue weighted by Gasteiger charge is 2.21. The van der Waals surface area contributed by atoms with E-state index in [1.54, 1.807) is 0 Å². The summed E-state index contributed by atoms with van der Waals surface area (Å²) in [6.45, 7) is 8.37. The Labute approximate surface area is 120 Å². The Bertz CT molecular complexity index is 530. The van der Waals surface area contributed by atoms with Gasteiger partial charge in [-0.2, -0.15) is 5.10 Å². The van der Waals surface area contributed by atoms with E-state index in [-0.39, 0.29) is 0 Å². The normalized spacial score (nSPS) is 15.3. The molecule has 0 heterocycles. The molecule has 1 saturated carbocycles. The van der Waals surface area contributed by atoms with Gasteiger partial charge in [-0.25, -0.2) is 0 Å². The molecule has 0 aromatic heterocycles. The average Bonchev–Trinajstić information content (AvgIpc) is 3.14. The lowest BCUT2D eigenvalue weighted by atomic mass is 9.98. The number of thiocarbonyl (C=S) groups is 1. The quantitative estimate of drug-likeness (QED) is 0.506.